The van der Waals surface area contributed by atoms with Crippen LogP contribution in [0.2, 0.25) is 0 Å². The van der Waals surface area contributed by atoms with Gasteiger partial charge in [-0.1, -0.05) is 60.3 Å². The van der Waals surface area contributed by atoms with E-state index in [9.17, 15) is 4.79 Å². The topological polar surface area (TPSA) is 98.6 Å². The van der Waals surface area contributed by atoms with Crippen molar-refractivity contribution in [2.45, 2.75) is 18.0 Å². The quantitative estimate of drug-likeness (QED) is 0.494. The second-order valence-electron chi connectivity index (χ2n) is 6.33. The third-order valence-electron chi connectivity index (χ3n) is 4.34. The van der Waals surface area contributed by atoms with Crippen molar-refractivity contribution in [3.8, 4) is 29.2 Å². The molecule has 8 heteroatoms. The van der Waals surface area contributed by atoms with Crippen LogP contribution < -0.4 is 0 Å². The van der Waals surface area contributed by atoms with Gasteiger partial charge in [0, 0.05) is 24.3 Å². The van der Waals surface area contributed by atoms with Crippen LogP contribution in [0.1, 0.15) is 12.8 Å². The van der Waals surface area contributed by atoms with Crippen molar-refractivity contribution in [1.29, 1.82) is 10.5 Å². The Labute approximate surface area is 179 Å². The summed E-state index contributed by atoms with van der Waals surface area (Å²) in [5.74, 6) is 0.716. The number of para-hydroxylation sites is 1. The lowest BCUT2D eigenvalue weighted by Crippen LogP contribution is -2.34. The monoisotopic (exact) mass is 416 g/mol. The Kier molecular flexibility index (Phi) is 7.59. The Bertz CT molecular complexity index is 1030. The molecular weight excluding hydrogens is 396 g/mol. The van der Waals surface area contributed by atoms with E-state index >= 15 is 0 Å². The predicted octanol–water partition coefficient (Wildman–Crippen LogP) is 3.68. The Morgan fingerprint density at radius 2 is 1.53 bits per heavy atom. The van der Waals surface area contributed by atoms with Crippen molar-refractivity contribution < 1.29 is 4.79 Å². The average Bonchev–Trinajstić information content (AvgIpc) is 3.23. The van der Waals surface area contributed by atoms with E-state index in [1.165, 1.54) is 11.8 Å². The number of nitriles is 2. The van der Waals surface area contributed by atoms with Gasteiger partial charge in [0.05, 0.1) is 30.7 Å². The number of nitrogens with zero attached hydrogens (tertiary/aromatic N) is 6. The third-order valence-corrected chi connectivity index (χ3v) is 5.26. The van der Waals surface area contributed by atoms with Crippen molar-refractivity contribution in [2.75, 3.05) is 18.8 Å². The number of amides is 1. The summed E-state index contributed by atoms with van der Waals surface area (Å²) in [6.07, 6.45) is 0.473. The molecule has 7 nitrogen and oxygen atoms in total. The van der Waals surface area contributed by atoms with Crippen molar-refractivity contribution in [1.82, 2.24) is 19.7 Å². The molecule has 0 atom stereocenters. The summed E-state index contributed by atoms with van der Waals surface area (Å²) >= 11 is 1.29. The van der Waals surface area contributed by atoms with Gasteiger partial charge in [0.25, 0.3) is 0 Å². The summed E-state index contributed by atoms with van der Waals surface area (Å²) in [4.78, 5) is 14.2. The lowest BCUT2D eigenvalue weighted by Gasteiger charge is -2.20. The van der Waals surface area contributed by atoms with Crippen molar-refractivity contribution in [2.24, 2.45) is 0 Å². The fraction of sp³-hybridized carbons (Fsp3) is 0.227. The number of carbonyl (C=O) groups is 1. The Hall–Kier alpha value is -3.62. The molecule has 0 fully saturated rings. The van der Waals surface area contributed by atoms with E-state index in [0.29, 0.717) is 24.1 Å². The molecule has 3 rings (SSSR count). The fourth-order valence-electron chi connectivity index (χ4n) is 2.90. The summed E-state index contributed by atoms with van der Waals surface area (Å²) in [5, 5.41) is 26.9. The first-order chi connectivity index (χ1) is 14.7. The minimum absolute atomic E-state index is 0.130. The molecular formula is C22H20N6OS. The summed E-state index contributed by atoms with van der Waals surface area (Å²) < 4.78 is 1.93. The standard InChI is InChI=1S/C22H20N6OS/c23-13-7-15-27(16-8-14-24)20(29)17-30-22-26-25-21(18-9-3-1-4-10-18)28(22)19-11-5-2-6-12-19/h1-6,9-12H,7-8,15-17H2. The van der Waals surface area contributed by atoms with Crippen molar-refractivity contribution in [3.05, 3.63) is 60.7 Å². The zero-order valence-electron chi connectivity index (χ0n) is 16.3. The lowest BCUT2D eigenvalue weighted by atomic mass is 10.2. The predicted molar refractivity (Wildman–Crippen MR) is 115 cm³/mol. The average molecular weight is 417 g/mol. The first kappa shape index (κ1) is 21.1. The number of thioether (sulfide) groups is 1. The molecule has 0 aliphatic carbocycles. The van der Waals surface area contributed by atoms with Gasteiger partial charge in [-0.15, -0.1) is 10.2 Å². The zero-order valence-corrected chi connectivity index (χ0v) is 17.1. The number of hydrogen-bond acceptors (Lipinski definition) is 6. The van der Waals surface area contributed by atoms with Gasteiger partial charge in [0.1, 0.15) is 0 Å². The van der Waals surface area contributed by atoms with Crippen LogP contribution >= 0.6 is 11.8 Å². The second-order valence-corrected chi connectivity index (χ2v) is 7.27. The molecule has 1 heterocycles. The Morgan fingerprint density at radius 1 is 0.933 bits per heavy atom. The largest absolute Gasteiger partial charge is 0.340 e. The van der Waals surface area contributed by atoms with Crippen molar-refractivity contribution in [3.63, 3.8) is 0 Å². The highest BCUT2D eigenvalue weighted by atomic mass is 32.2. The summed E-state index contributed by atoms with van der Waals surface area (Å²) in [5.41, 5.74) is 1.83. The highest BCUT2D eigenvalue weighted by Gasteiger charge is 2.19. The van der Waals surface area contributed by atoms with Gasteiger partial charge in [0.15, 0.2) is 11.0 Å². The van der Waals surface area contributed by atoms with Crippen LogP contribution in [0.4, 0.5) is 0 Å². The van der Waals surface area contributed by atoms with E-state index in [2.05, 4.69) is 10.2 Å². The van der Waals surface area contributed by atoms with E-state index in [1.54, 1.807) is 4.90 Å². The van der Waals surface area contributed by atoms with Gasteiger partial charge in [0.2, 0.25) is 5.91 Å². The molecule has 1 amide bonds. The molecule has 1 aromatic heterocycles. The first-order valence-electron chi connectivity index (χ1n) is 9.45. The summed E-state index contributed by atoms with van der Waals surface area (Å²) in [6.45, 7) is 0.635. The van der Waals surface area contributed by atoms with Gasteiger partial charge in [-0.05, 0) is 12.1 Å². The van der Waals surface area contributed by atoms with Crippen LogP contribution in [0.5, 0.6) is 0 Å². The minimum atomic E-state index is -0.130. The molecule has 3 aromatic rings. The third kappa shape index (κ3) is 5.25. The molecule has 0 radical (unpaired) electrons. The van der Waals surface area contributed by atoms with Crippen molar-refractivity contribution >= 4 is 17.7 Å². The molecule has 150 valence electrons. The highest BCUT2D eigenvalue weighted by Crippen LogP contribution is 2.28. The number of carbonyl (C=O) groups excluding carboxylic acids is 1. The van der Waals surface area contributed by atoms with E-state index in [1.807, 2.05) is 77.4 Å². The highest BCUT2D eigenvalue weighted by molar-refractivity contribution is 7.99. The van der Waals surface area contributed by atoms with Gasteiger partial charge >= 0.3 is 0 Å². The molecule has 0 spiro atoms. The smallest absolute Gasteiger partial charge is 0.233 e. The van der Waals surface area contributed by atoms with Crippen LogP contribution in [0, 0.1) is 22.7 Å². The Balaban J connectivity index is 1.84. The fourth-order valence-corrected chi connectivity index (χ4v) is 3.75. The van der Waals surface area contributed by atoms with E-state index in [0.717, 1.165) is 11.3 Å². The Morgan fingerprint density at radius 3 is 2.13 bits per heavy atom. The molecule has 0 unspecified atom stereocenters. The van der Waals surface area contributed by atoms with Crippen LogP contribution in [0.3, 0.4) is 0 Å². The zero-order chi connectivity index (χ0) is 21.2. The minimum Gasteiger partial charge on any atom is -0.340 e. The molecule has 0 saturated heterocycles. The van der Waals surface area contributed by atoms with Crippen LogP contribution in [0.15, 0.2) is 65.8 Å². The molecule has 0 aliphatic rings. The maximum atomic E-state index is 12.7. The molecule has 30 heavy (non-hydrogen) atoms. The lowest BCUT2D eigenvalue weighted by molar-refractivity contribution is -0.128. The summed E-state index contributed by atoms with van der Waals surface area (Å²) in [6, 6.07) is 23.6. The van der Waals surface area contributed by atoms with Gasteiger partial charge in [-0.25, -0.2) is 0 Å². The number of hydrogen-bond donors (Lipinski definition) is 0. The molecule has 0 N–H and O–H groups in total. The normalized spacial score (nSPS) is 10.2. The molecule has 0 saturated carbocycles. The van der Waals surface area contributed by atoms with Crippen LogP contribution in [0.25, 0.3) is 17.1 Å². The summed E-state index contributed by atoms with van der Waals surface area (Å²) in [7, 11) is 0. The number of benzene rings is 2. The van der Waals surface area contributed by atoms with Crippen LogP contribution in [-0.2, 0) is 4.79 Å². The van der Waals surface area contributed by atoms with Gasteiger partial charge in [-0.2, -0.15) is 10.5 Å². The second kappa shape index (κ2) is 10.8. The maximum absolute atomic E-state index is 12.7. The van der Waals surface area contributed by atoms with Crippen LogP contribution in [-0.4, -0.2) is 44.4 Å². The molecule has 2 aromatic carbocycles. The first-order valence-corrected chi connectivity index (χ1v) is 10.4. The van der Waals surface area contributed by atoms with Gasteiger partial charge in [-0.3, -0.25) is 9.36 Å². The number of aromatic nitrogens is 3. The number of rotatable bonds is 9. The molecule has 0 aliphatic heterocycles. The van der Waals surface area contributed by atoms with E-state index in [4.69, 9.17) is 10.5 Å². The van der Waals surface area contributed by atoms with Gasteiger partial charge < -0.3 is 4.90 Å². The molecule has 0 bridgehead atoms. The maximum Gasteiger partial charge on any atom is 0.233 e. The SMILES string of the molecule is N#CCCN(CCC#N)C(=O)CSc1nnc(-c2ccccc2)n1-c1ccccc1. The van der Waals surface area contributed by atoms with E-state index < -0.39 is 0 Å². The van der Waals surface area contributed by atoms with E-state index in [-0.39, 0.29) is 24.5 Å².